The Balaban J connectivity index is 1.28. The largest absolute Gasteiger partial charge is 0.340 e. The molecule has 1 aliphatic heterocycles. The van der Waals surface area contributed by atoms with E-state index in [9.17, 15) is 4.79 Å². The molecular formula is C19H23N7O. The lowest BCUT2D eigenvalue weighted by Gasteiger charge is -2.34. The van der Waals surface area contributed by atoms with Crippen LogP contribution < -0.4 is 0 Å². The van der Waals surface area contributed by atoms with Gasteiger partial charge >= 0.3 is 0 Å². The van der Waals surface area contributed by atoms with E-state index in [-0.39, 0.29) is 5.91 Å². The molecule has 3 heterocycles. The fourth-order valence-corrected chi connectivity index (χ4v) is 3.30. The summed E-state index contributed by atoms with van der Waals surface area (Å²) in [7, 11) is 0. The zero-order valence-electron chi connectivity index (χ0n) is 15.4. The number of nitrogens with zero attached hydrogens (tertiary/aromatic N) is 6. The average Bonchev–Trinajstić information content (AvgIpc) is 3.35. The van der Waals surface area contributed by atoms with E-state index in [1.807, 2.05) is 46.9 Å². The summed E-state index contributed by atoms with van der Waals surface area (Å²) in [6.45, 7) is 5.81. The van der Waals surface area contributed by atoms with Crippen molar-refractivity contribution in [3.8, 4) is 5.69 Å². The van der Waals surface area contributed by atoms with Gasteiger partial charge in [-0.25, -0.2) is 9.97 Å². The molecule has 0 spiro atoms. The van der Waals surface area contributed by atoms with Crippen molar-refractivity contribution in [2.75, 3.05) is 26.2 Å². The van der Waals surface area contributed by atoms with Gasteiger partial charge in [0.05, 0.1) is 19.3 Å². The first-order chi connectivity index (χ1) is 13.2. The van der Waals surface area contributed by atoms with Crippen molar-refractivity contribution in [1.29, 1.82) is 0 Å². The standard InChI is InChI=1S/C19H23N7O/c1-15-21-18(23-22-15)13-24-8-10-25(11-9-24)19(27)12-16-2-4-17(5-3-16)26-7-6-20-14-26/h2-7,14H,8-13H2,1H3,(H,21,22,23). The number of aryl methyl sites for hydroxylation is 1. The first-order valence-corrected chi connectivity index (χ1v) is 9.13. The summed E-state index contributed by atoms with van der Waals surface area (Å²) in [5, 5.41) is 7.05. The number of benzene rings is 1. The topological polar surface area (TPSA) is 82.9 Å². The lowest BCUT2D eigenvalue weighted by Crippen LogP contribution is -2.48. The number of carbonyl (C=O) groups excluding carboxylic acids is 1. The van der Waals surface area contributed by atoms with Gasteiger partial charge in [0.25, 0.3) is 0 Å². The van der Waals surface area contributed by atoms with E-state index in [0.717, 1.165) is 55.6 Å². The van der Waals surface area contributed by atoms with Crippen LogP contribution in [0, 0.1) is 6.92 Å². The summed E-state index contributed by atoms with van der Waals surface area (Å²) >= 11 is 0. The van der Waals surface area contributed by atoms with Crippen molar-refractivity contribution >= 4 is 5.91 Å². The molecule has 8 heteroatoms. The molecular weight excluding hydrogens is 342 g/mol. The number of H-pyrrole nitrogens is 1. The minimum atomic E-state index is 0.179. The predicted octanol–water partition coefficient (Wildman–Crippen LogP) is 1.19. The maximum Gasteiger partial charge on any atom is 0.227 e. The van der Waals surface area contributed by atoms with Crippen LogP contribution in [-0.4, -0.2) is 66.6 Å². The second-order valence-electron chi connectivity index (χ2n) is 6.81. The summed E-state index contributed by atoms with van der Waals surface area (Å²) in [6.07, 6.45) is 5.85. The highest BCUT2D eigenvalue weighted by molar-refractivity contribution is 5.79. The van der Waals surface area contributed by atoms with E-state index in [1.165, 1.54) is 0 Å². The molecule has 1 saturated heterocycles. The highest BCUT2D eigenvalue weighted by Gasteiger charge is 2.22. The van der Waals surface area contributed by atoms with Gasteiger partial charge in [-0.3, -0.25) is 14.8 Å². The Hall–Kier alpha value is -3.00. The quantitative estimate of drug-likeness (QED) is 0.734. The number of amides is 1. The number of piperazine rings is 1. The Kier molecular flexibility index (Phi) is 4.97. The number of imidazole rings is 1. The second kappa shape index (κ2) is 7.71. The molecule has 0 atom stereocenters. The molecule has 1 aromatic carbocycles. The van der Waals surface area contributed by atoms with Gasteiger partial charge in [-0.05, 0) is 24.6 Å². The SMILES string of the molecule is Cc1nc(CN2CCN(C(=O)Cc3ccc(-n4ccnc4)cc3)CC2)n[nH]1. The molecule has 27 heavy (non-hydrogen) atoms. The number of rotatable bonds is 5. The van der Waals surface area contributed by atoms with Gasteiger partial charge in [-0.2, -0.15) is 5.10 Å². The van der Waals surface area contributed by atoms with E-state index < -0.39 is 0 Å². The summed E-state index contributed by atoms with van der Waals surface area (Å²) < 4.78 is 1.94. The third-order valence-electron chi connectivity index (χ3n) is 4.83. The Labute approximate surface area is 157 Å². The maximum absolute atomic E-state index is 12.6. The van der Waals surface area contributed by atoms with E-state index in [2.05, 4.69) is 25.1 Å². The summed E-state index contributed by atoms with van der Waals surface area (Å²) in [4.78, 5) is 25.2. The van der Waals surface area contributed by atoms with Crippen LogP contribution >= 0.6 is 0 Å². The Morgan fingerprint density at radius 3 is 2.56 bits per heavy atom. The summed E-state index contributed by atoms with van der Waals surface area (Å²) in [6, 6.07) is 8.05. The molecule has 0 saturated carbocycles. The van der Waals surface area contributed by atoms with Crippen LogP contribution in [0.4, 0.5) is 0 Å². The highest BCUT2D eigenvalue weighted by atomic mass is 16.2. The number of nitrogens with one attached hydrogen (secondary N) is 1. The van der Waals surface area contributed by atoms with Crippen LogP contribution in [-0.2, 0) is 17.8 Å². The molecule has 1 amide bonds. The van der Waals surface area contributed by atoms with Crippen molar-refractivity contribution in [3.05, 3.63) is 60.2 Å². The van der Waals surface area contributed by atoms with Crippen molar-refractivity contribution in [2.45, 2.75) is 19.9 Å². The molecule has 0 unspecified atom stereocenters. The van der Waals surface area contributed by atoms with Crippen LogP contribution in [0.2, 0.25) is 0 Å². The highest BCUT2D eigenvalue weighted by Crippen LogP contribution is 2.12. The fourth-order valence-electron chi connectivity index (χ4n) is 3.30. The normalized spacial score (nSPS) is 15.2. The van der Waals surface area contributed by atoms with Gasteiger partial charge in [0, 0.05) is 44.3 Å². The molecule has 1 N–H and O–H groups in total. The van der Waals surface area contributed by atoms with Crippen molar-refractivity contribution in [2.24, 2.45) is 0 Å². The fraction of sp³-hybridized carbons (Fsp3) is 0.368. The van der Waals surface area contributed by atoms with Crippen LogP contribution in [0.25, 0.3) is 5.69 Å². The van der Waals surface area contributed by atoms with E-state index in [1.54, 1.807) is 12.5 Å². The Morgan fingerprint density at radius 1 is 1.15 bits per heavy atom. The van der Waals surface area contributed by atoms with Crippen molar-refractivity contribution in [1.82, 2.24) is 34.5 Å². The minimum absolute atomic E-state index is 0.179. The van der Waals surface area contributed by atoms with Crippen molar-refractivity contribution in [3.63, 3.8) is 0 Å². The van der Waals surface area contributed by atoms with Crippen LogP contribution in [0.1, 0.15) is 17.2 Å². The molecule has 0 bridgehead atoms. The van der Waals surface area contributed by atoms with Crippen molar-refractivity contribution < 1.29 is 4.79 Å². The number of aromatic amines is 1. The van der Waals surface area contributed by atoms with Crippen LogP contribution in [0.5, 0.6) is 0 Å². The van der Waals surface area contributed by atoms with Gasteiger partial charge in [-0.15, -0.1) is 0 Å². The first kappa shape index (κ1) is 17.4. The van der Waals surface area contributed by atoms with E-state index in [4.69, 9.17) is 0 Å². The first-order valence-electron chi connectivity index (χ1n) is 9.13. The molecule has 0 radical (unpaired) electrons. The Bertz CT molecular complexity index is 877. The van der Waals surface area contributed by atoms with Gasteiger partial charge in [0.1, 0.15) is 5.82 Å². The monoisotopic (exact) mass is 365 g/mol. The molecule has 1 fully saturated rings. The molecule has 4 rings (SSSR count). The van der Waals surface area contributed by atoms with Gasteiger partial charge in [0.2, 0.25) is 5.91 Å². The lowest BCUT2D eigenvalue weighted by molar-refractivity contribution is -0.132. The van der Waals surface area contributed by atoms with E-state index >= 15 is 0 Å². The number of hydrogen-bond acceptors (Lipinski definition) is 5. The molecule has 0 aliphatic carbocycles. The zero-order valence-corrected chi connectivity index (χ0v) is 15.4. The average molecular weight is 365 g/mol. The molecule has 8 nitrogen and oxygen atoms in total. The van der Waals surface area contributed by atoms with Gasteiger partial charge in [0.15, 0.2) is 5.82 Å². The molecule has 140 valence electrons. The van der Waals surface area contributed by atoms with Gasteiger partial charge < -0.3 is 9.47 Å². The molecule has 1 aliphatic rings. The predicted molar refractivity (Wildman–Crippen MR) is 100 cm³/mol. The third-order valence-corrected chi connectivity index (χ3v) is 4.83. The maximum atomic E-state index is 12.6. The zero-order chi connectivity index (χ0) is 18.6. The smallest absolute Gasteiger partial charge is 0.227 e. The molecule has 3 aromatic rings. The van der Waals surface area contributed by atoms with Crippen LogP contribution in [0.3, 0.4) is 0 Å². The van der Waals surface area contributed by atoms with E-state index in [0.29, 0.717) is 6.42 Å². The number of hydrogen-bond donors (Lipinski definition) is 1. The number of aromatic nitrogens is 5. The summed E-state index contributed by atoms with van der Waals surface area (Å²) in [5.74, 6) is 1.82. The third kappa shape index (κ3) is 4.22. The number of carbonyl (C=O) groups is 1. The van der Waals surface area contributed by atoms with Crippen LogP contribution in [0.15, 0.2) is 43.0 Å². The minimum Gasteiger partial charge on any atom is -0.340 e. The summed E-state index contributed by atoms with van der Waals surface area (Å²) in [5.41, 5.74) is 2.07. The second-order valence-corrected chi connectivity index (χ2v) is 6.81. The Morgan fingerprint density at radius 2 is 1.93 bits per heavy atom. The lowest BCUT2D eigenvalue weighted by atomic mass is 10.1. The molecule has 2 aromatic heterocycles. The van der Waals surface area contributed by atoms with Gasteiger partial charge in [-0.1, -0.05) is 12.1 Å².